The van der Waals surface area contributed by atoms with Crippen LogP contribution in [-0.4, -0.2) is 17.9 Å². The smallest absolute Gasteiger partial charge is 0.335 e. The van der Waals surface area contributed by atoms with E-state index in [4.69, 9.17) is 14.6 Å². The van der Waals surface area contributed by atoms with Crippen molar-refractivity contribution in [2.75, 3.05) is 6.79 Å². The van der Waals surface area contributed by atoms with Crippen molar-refractivity contribution >= 4 is 11.5 Å². The van der Waals surface area contributed by atoms with E-state index < -0.39 is 5.97 Å². The van der Waals surface area contributed by atoms with Crippen LogP contribution in [0.4, 0.5) is 0 Å². The fourth-order valence-electron chi connectivity index (χ4n) is 2.09. The number of hydrogen-bond donors (Lipinski definition) is 1. The van der Waals surface area contributed by atoms with Crippen LogP contribution < -0.4 is 9.47 Å². The second-order valence-electron chi connectivity index (χ2n) is 4.43. The van der Waals surface area contributed by atoms with Gasteiger partial charge < -0.3 is 14.6 Å². The zero-order valence-electron chi connectivity index (χ0n) is 10.6. The molecule has 1 heterocycles. The Labute approximate surface area is 115 Å². The molecule has 0 unspecified atom stereocenters. The molecule has 4 heteroatoms. The summed E-state index contributed by atoms with van der Waals surface area (Å²) in [5.74, 6) is 0.530. The van der Waals surface area contributed by atoms with E-state index in [-0.39, 0.29) is 12.4 Å². The summed E-state index contributed by atoms with van der Waals surface area (Å²) >= 11 is 0. The van der Waals surface area contributed by atoms with E-state index in [1.165, 1.54) is 0 Å². The van der Waals surface area contributed by atoms with Crippen molar-refractivity contribution in [1.82, 2.24) is 0 Å². The fraction of sp³-hybridized carbons (Fsp3) is 0.0625. The standard InChI is InChI=1S/C16H12O4/c1-10(16(17)18)11-2-4-12(5-3-11)14-7-6-13-8-15(14)20-9-19-13/h2-8H,1,9H2,(H,17,18). The molecular formula is C16H12O4. The van der Waals surface area contributed by atoms with E-state index in [9.17, 15) is 4.79 Å². The highest BCUT2D eigenvalue weighted by atomic mass is 16.7. The third kappa shape index (κ3) is 2.12. The molecule has 0 aromatic heterocycles. The van der Waals surface area contributed by atoms with Crippen LogP contribution in [0.15, 0.2) is 49.0 Å². The zero-order chi connectivity index (χ0) is 14.1. The number of carboxylic acid groups (broad SMARTS) is 1. The lowest BCUT2D eigenvalue weighted by molar-refractivity contribution is -0.130. The molecule has 0 saturated carbocycles. The van der Waals surface area contributed by atoms with Crippen LogP contribution in [0.1, 0.15) is 5.56 Å². The first-order valence-electron chi connectivity index (χ1n) is 6.08. The van der Waals surface area contributed by atoms with Gasteiger partial charge in [0.2, 0.25) is 6.79 Å². The normalized spacial score (nSPS) is 12.2. The zero-order valence-corrected chi connectivity index (χ0v) is 10.6. The van der Waals surface area contributed by atoms with Gasteiger partial charge in [-0.3, -0.25) is 0 Å². The summed E-state index contributed by atoms with van der Waals surface area (Å²) in [6.45, 7) is 3.75. The summed E-state index contributed by atoms with van der Waals surface area (Å²) in [5.41, 5.74) is 2.58. The molecule has 0 amide bonds. The highest BCUT2D eigenvalue weighted by Gasteiger charge is 2.13. The third-order valence-electron chi connectivity index (χ3n) is 3.20. The molecule has 4 nitrogen and oxygen atoms in total. The van der Waals surface area contributed by atoms with Gasteiger partial charge in [-0.2, -0.15) is 0 Å². The molecule has 1 aliphatic heterocycles. The monoisotopic (exact) mass is 268 g/mol. The Hall–Kier alpha value is -2.75. The van der Waals surface area contributed by atoms with Crippen molar-refractivity contribution in [2.24, 2.45) is 0 Å². The minimum Gasteiger partial charge on any atom is -0.478 e. The molecule has 2 aromatic carbocycles. The maximum absolute atomic E-state index is 10.9. The average Bonchev–Trinajstić information content (AvgIpc) is 2.47. The first-order chi connectivity index (χ1) is 9.65. The van der Waals surface area contributed by atoms with Crippen molar-refractivity contribution in [1.29, 1.82) is 0 Å². The largest absolute Gasteiger partial charge is 0.478 e. The van der Waals surface area contributed by atoms with Crippen molar-refractivity contribution < 1.29 is 19.4 Å². The first kappa shape index (κ1) is 12.3. The molecule has 1 N–H and O–H groups in total. The molecule has 2 bridgehead atoms. The Bertz CT molecular complexity index is 686. The molecular weight excluding hydrogens is 256 g/mol. The predicted molar refractivity (Wildman–Crippen MR) is 74.7 cm³/mol. The third-order valence-corrected chi connectivity index (χ3v) is 3.20. The lowest BCUT2D eigenvalue weighted by Gasteiger charge is -2.18. The number of carbonyl (C=O) groups is 1. The number of hydrogen-bond acceptors (Lipinski definition) is 3. The first-order valence-corrected chi connectivity index (χ1v) is 6.08. The number of rotatable bonds is 3. The molecule has 0 fully saturated rings. The van der Waals surface area contributed by atoms with Crippen LogP contribution in [0.2, 0.25) is 0 Å². The Morgan fingerprint density at radius 2 is 1.85 bits per heavy atom. The molecule has 20 heavy (non-hydrogen) atoms. The summed E-state index contributed by atoms with van der Waals surface area (Å²) in [7, 11) is 0. The molecule has 0 radical (unpaired) electrons. The number of carboxylic acids is 1. The van der Waals surface area contributed by atoms with E-state index in [0.29, 0.717) is 5.56 Å². The quantitative estimate of drug-likeness (QED) is 0.869. The van der Waals surface area contributed by atoms with Gasteiger partial charge in [0.1, 0.15) is 11.5 Å². The van der Waals surface area contributed by atoms with Crippen LogP contribution >= 0.6 is 0 Å². The van der Waals surface area contributed by atoms with Gasteiger partial charge in [-0.05, 0) is 23.3 Å². The predicted octanol–water partition coefficient (Wildman–Crippen LogP) is 3.18. The van der Waals surface area contributed by atoms with Gasteiger partial charge in [-0.1, -0.05) is 30.8 Å². The second kappa shape index (κ2) is 4.74. The van der Waals surface area contributed by atoms with Crippen molar-refractivity contribution in [2.45, 2.75) is 0 Å². The average molecular weight is 268 g/mol. The highest BCUT2D eigenvalue weighted by molar-refractivity contribution is 6.14. The number of fused-ring (bicyclic) bond motifs is 2. The maximum atomic E-state index is 10.9. The Kier molecular flexibility index (Phi) is 2.91. The van der Waals surface area contributed by atoms with Crippen LogP contribution in [-0.2, 0) is 4.79 Å². The van der Waals surface area contributed by atoms with Gasteiger partial charge in [-0.15, -0.1) is 0 Å². The summed E-state index contributed by atoms with van der Waals surface area (Å²) in [6, 6.07) is 12.8. The SMILES string of the molecule is C=C(C(=O)O)c1ccc(-c2ccc3cc2OCO3)cc1. The molecule has 0 saturated heterocycles. The summed E-state index contributed by atoms with van der Waals surface area (Å²) in [5, 5.41) is 8.91. The molecule has 100 valence electrons. The number of aliphatic carboxylic acids is 1. The molecule has 1 aliphatic rings. The molecule has 3 rings (SSSR count). The van der Waals surface area contributed by atoms with E-state index in [0.717, 1.165) is 22.6 Å². The van der Waals surface area contributed by atoms with Gasteiger partial charge in [-0.25, -0.2) is 4.79 Å². The van der Waals surface area contributed by atoms with Crippen LogP contribution in [0.25, 0.3) is 16.7 Å². The van der Waals surface area contributed by atoms with E-state index in [1.54, 1.807) is 12.1 Å². The molecule has 2 aromatic rings. The Morgan fingerprint density at radius 3 is 2.55 bits per heavy atom. The molecule has 0 spiro atoms. The Morgan fingerprint density at radius 1 is 1.10 bits per heavy atom. The second-order valence-corrected chi connectivity index (χ2v) is 4.43. The summed E-state index contributed by atoms with van der Waals surface area (Å²) in [4.78, 5) is 10.9. The topological polar surface area (TPSA) is 55.8 Å². The number of benzene rings is 2. The van der Waals surface area contributed by atoms with Gasteiger partial charge in [0.15, 0.2) is 0 Å². The minimum atomic E-state index is -1.02. The van der Waals surface area contributed by atoms with Gasteiger partial charge in [0.05, 0.1) is 5.57 Å². The van der Waals surface area contributed by atoms with Crippen molar-refractivity contribution in [3.8, 4) is 22.6 Å². The van der Waals surface area contributed by atoms with Crippen LogP contribution in [0.5, 0.6) is 11.5 Å². The Balaban J connectivity index is 1.96. The fourth-order valence-corrected chi connectivity index (χ4v) is 2.09. The van der Waals surface area contributed by atoms with Crippen LogP contribution in [0.3, 0.4) is 0 Å². The minimum absolute atomic E-state index is 0.0814. The van der Waals surface area contributed by atoms with Crippen LogP contribution in [0, 0.1) is 0 Å². The highest BCUT2D eigenvalue weighted by Crippen LogP contribution is 2.36. The van der Waals surface area contributed by atoms with Gasteiger partial charge >= 0.3 is 5.97 Å². The van der Waals surface area contributed by atoms with Crippen molar-refractivity contribution in [3.05, 3.63) is 54.6 Å². The lowest BCUT2D eigenvalue weighted by atomic mass is 10.00. The lowest BCUT2D eigenvalue weighted by Crippen LogP contribution is -2.10. The summed E-state index contributed by atoms with van der Waals surface area (Å²) < 4.78 is 10.7. The van der Waals surface area contributed by atoms with Crippen molar-refractivity contribution in [3.63, 3.8) is 0 Å². The number of ether oxygens (including phenoxy) is 2. The van der Waals surface area contributed by atoms with Gasteiger partial charge in [0.25, 0.3) is 0 Å². The summed E-state index contributed by atoms with van der Waals surface area (Å²) in [6.07, 6.45) is 0. The molecule has 0 atom stereocenters. The van der Waals surface area contributed by atoms with Gasteiger partial charge in [0, 0.05) is 11.6 Å². The van der Waals surface area contributed by atoms with E-state index >= 15 is 0 Å². The van der Waals surface area contributed by atoms with E-state index in [2.05, 4.69) is 6.58 Å². The maximum Gasteiger partial charge on any atom is 0.335 e. The van der Waals surface area contributed by atoms with E-state index in [1.807, 2.05) is 30.3 Å². The molecule has 0 aliphatic carbocycles.